The molecule has 0 saturated heterocycles. The number of azide groups is 1. The van der Waals surface area contributed by atoms with E-state index in [0.29, 0.717) is 13.1 Å². The van der Waals surface area contributed by atoms with Gasteiger partial charge in [-0.2, -0.15) is 0 Å². The predicted octanol–water partition coefficient (Wildman–Crippen LogP) is 2.13. The molecule has 0 aromatic carbocycles. The molecule has 1 aliphatic rings. The fourth-order valence-corrected chi connectivity index (χ4v) is 3.14. The second-order valence-corrected chi connectivity index (χ2v) is 8.22. The smallest absolute Gasteiger partial charge is 0.290 e. The van der Waals surface area contributed by atoms with E-state index in [0.717, 1.165) is 23.7 Å². The first kappa shape index (κ1) is 18.3. The van der Waals surface area contributed by atoms with Crippen molar-refractivity contribution in [2.75, 3.05) is 6.54 Å². The third-order valence-corrected chi connectivity index (χ3v) is 4.84. The monoisotopic (exact) mass is 332 g/mol. The van der Waals surface area contributed by atoms with Gasteiger partial charge in [0.1, 0.15) is 0 Å². The van der Waals surface area contributed by atoms with Gasteiger partial charge in [-0.1, -0.05) is 38.9 Å². The summed E-state index contributed by atoms with van der Waals surface area (Å²) in [5.41, 5.74) is 8.92. The SMILES string of the molecule is C[C@@H](CCN=[N+]=[N-])C1(C)CC=c2c(n(C)c(=O)n2CC(C)(C)C)=N1. The van der Waals surface area contributed by atoms with E-state index in [-0.39, 0.29) is 22.6 Å². The minimum absolute atomic E-state index is 0.0130. The lowest BCUT2D eigenvalue weighted by atomic mass is 9.81. The molecule has 1 unspecified atom stereocenters. The molecule has 1 aromatic heterocycles. The van der Waals surface area contributed by atoms with Crippen molar-refractivity contribution in [3.05, 3.63) is 31.8 Å². The maximum Gasteiger partial charge on any atom is 0.330 e. The first-order valence-electron chi connectivity index (χ1n) is 8.45. The Morgan fingerprint density at radius 2 is 2.17 bits per heavy atom. The van der Waals surface area contributed by atoms with E-state index in [9.17, 15) is 4.79 Å². The molecule has 2 rings (SSSR count). The average molecular weight is 332 g/mol. The molecule has 1 aromatic rings. The summed E-state index contributed by atoms with van der Waals surface area (Å²) in [4.78, 5) is 20.4. The van der Waals surface area contributed by atoms with E-state index in [1.807, 2.05) is 4.57 Å². The number of hydrogen-bond acceptors (Lipinski definition) is 3. The van der Waals surface area contributed by atoms with Crippen molar-refractivity contribution in [2.24, 2.45) is 28.5 Å². The van der Waals surface area contributed by atoms with Gasteiger partial charge >= 0.3 is 5.69 Å². The maximum atomic E-state index is 12.6. The van der Waals surface area contributed by atoms with Crippen LogP contribution in [0.15, 0.2) is 14.9 Å². The van der Waals surface area contributed by atoms with Crippen LogP contribution >= 0.6 is 0 Å². The van der Waals surface area contributed by atoms with Crippen LogP contribution in [0, 0.1) is 11.3 Å². The summed E-state index contributed by atoms with van der Waals surface area (Å²) in [6.45, 7) is 11.8. The Labute approximate surface area is 142 Å². The molecule has 2 atom stereocenters. The number of aromatic nitrogens is 2. The van der Waals surface area contributed by atoms with E-state index in [1.54, 1.807) is 11.6 Å². The number of hydrogen-bond donors (Lipinski definition) is 0. The lowest BCUT2D eigenvalue weighted by molar-refractivity contribution is 0.299. The number of rotatable bonds is 5. The molecule has 7 heteroatoms. The molecule has 0 saturated carbocycles. The van der Waals surface area contributed by atoms with Gasteiger partial charge < -0.3 is 0 Å². The number of imidazole rings is 1. The van der Waals surface area contributed by atoms with Crippen LogP contribution in [0.2, 0.25) is 0 Å². The van der Waals surface area contributed by atoms with Gasteiger partial charge in [0.2, 0.25) is 0 Å². The van der Waals surface area contributed by atoms with Gasteiger partial charge in [0, 0.05) is 25.0 Å². The lowest BCUT2D eigenvalue weighted by Crippen LogP contribution is -2.45. The van der Waals surface area contributed by atoms with E-state index in [2.05, 4.69) is 50.7 Å². The van der Waals surface area contributed by atoms with Crippen LogP contribution in [0.25, 0.3) is 16.5 Å². The molecular formula is C17H28N6O. The predicted molar refractivity (Wildman–Crippen MR) is 95.2 cm³/mol. The van der Waals surface area contributed by atoms with E-state index in [4.69, 9.17) is 10.5 Å². The van der Waals surface area contributed by atoms with Gasteiger partial charge in [0.15, 0.2) is 5.49 Å². The Hall–Kier alpha value is -2.01. The molecule has 0 radical (unpaired) electrons. The third kappa shape index (κ3) is 3.56. The van der Waals surface area contributed by atoms with Gasteiger partial charge in [-0.05, 0) is 36.6 Å². The van der Waals surface area contributed by atoms with Crippen molar-refractivity contribution in [2.45, 2.75) is 59.5 Å². The molecule has 0 bridgehead atoms. The van der Waals surface area contributed by atoms with Gasteiger partial charge in [-0.15, -0.1) is 0 Å². The van der Waals surface area contributed by atoms with Crippen LogP contribution in [0.1, 0.15) is 47.5 Å². The quantitative estimate of drug-likeness (QED) is 0.461. The Balaban J connectivity index is 2.47. The van der Waals surface area contributed by atoms with Crippen LogP contribution in [-0.2, 0) is 13.6 Å². The maximum absolute atomic E-state index is 12.6. The second-order valence-electron chi connectivity index (χ2n) is 8.22. The minimum Gasteiger partial charge on any atom is -0.290 e. The summed E-state index contributed by atoms with van der Waals surface area (Å²) < 4.78 is 3.48. The second kappa shape index (κ2) is 6.48. The van der Waals surface area contributed by atoms with E-state index >= 15 is 0 Å². The van der Waals surface area contributed by atoms with E-state index < -0.39 is 0 Å². The summed E-state index contributed by atoms with van der Waals surface area (Å²) in [6, 6.07) is 0. The fourth-order valence-electron chi connectivity index (χ4n) is 3.14. The molecular weight excluding hydrogens is 304 g/mol. The van der Waals surface area contributed by atoms with Crippen LogP contribution in [0.3, 0.4) is 0 Å². The minimum atomic E-state index is -0.282. The normalized spacial score (nSPS) is 21.2. The molecule has 7 nitrogen and oxygen atoms in total. The Kier molecular flexibility index (Phi) is 4.95. The van der Waals surface area contributed by atoms with Crippen molar-refractivity contribution < 1.29 is 0 Å². The fraction of sp³-hybridized carbons (Fsp3) is 0.765. The van der Waals surface area contributed by atoms with Crippen LogP contribution in [0.5, 0.6) is 0 Å². The highest BCUT2D eigenvalue weighted by atomic mass is 16.1. The topological polar surface area (TPSA) is 88.0 Å². The number of nitrogens with zero attached hydrogens (tertiary/aromatic N) is 6. The Morgan fingerprint density at radius 3 is 2.75 bits per heavy atom. The molecule has 132 valence electrons. The zero-order valence-electron chi connectivity index (χ0n) is 15.6. The van der Waals surface area contributed by atoms with Gasteiger partial charge in [0.05, 0.1) is 10.9 Å². The van der Waals surface area contributed by atoms with Gasteiger partial charge in [-0.25, -0.2) is 4.79 Å². The van der Waals surface area contributed by atoms with Crippen LogP contribution in [-0.4, -0.2) is 21.2 Å². The van der Waals surface area contributed by atoms with Gasteiger partial charge in [-0.3, -0.25) is 14.1 Å². The van der Waals surface area contributed by atoms with Crippen molar-refractivity contribution in [1.29, 1.82) is 0 Å². The van der Waals surface area contributed by atoms with Crippen molar-refractivity contribution in [3.8, 4) is 0 Å². The highest BCUT2D eigenvalue weighted by Crippen LogP contribution is 2.29. The largest absolute Gasteiger partial charge is 0.330 e. The van der Waals surface area contributed by atoms with Crippen molar-refractivity contribution >= 4 is 6.08 Å². The summed E-state index contributed by atoms with van der Waals surface area (Å²) in [5, 5.41) is 4.56. The van der Waals surface area contributed by atoms with Crippen molar-refractivity contribution in [1.82, 2.24) is 9.13 Å². The zero-order valence-corrected chi connectivity index (χ0v) is 15.6. The molecule has 0 N–H and O–H groups in total. The van der Waals surface area contributed by atoms with Crippen LogP contribution < -0.4 is 16.5 Å². The molecule has 24 heavy (non-hydrogen) atoms. The summed E-state index contributed by atoms with van der Waals surface area (Å²) in [6.07, 6.45) is 3.70. The standard InChI is InChI=1S/C17H28N6O/c1-12(8-10-19-21-18)17(5)9-7-13-14(20-17)22(6)15(24)23(13)11-16(2,3)4/h7,12H,8-11H2,1-6H3/t12-,17?/m0/s1. The summed E-state index contributed by atoms with van der Waals surface area (Å²) in [5.74, 6) is 0.258. The molecule has 0 amide bonds. The van der Waals surface area contributed by atoms with E-state index in [1.165, 1.54) is 0 Å². The zero-order chi connectivity index (χ0) is 18.1. The molecule has 1 aliphatic heterocycles. The number of fused-ring (bicyclic) bond motifs is 1. The summed E-state index contributed by atoms with van der Waals surface area (Å²) >= 11 is 0. The lowest BCUT2D eigenvalue weighted by Gasteiger charge is -2.32. The molecule has 0 aliphatic carbocycles. The first-order valence-corrected chi connectivity index (χ1v) is 8.45. The highest BCUT2D eigenvalue weighted by molar-refractivity contribution is 5.26. The van der Waals surface area contributed by atoms with Crippen LogP contribution in [0.4, 0.5) is 0 Å². The first-order chi connectivity index (χ1) is 11.1. The summed E-state index contributed by atoms with van der Waals surface area (Å²) in [7, 11) is 1.79. The average Bonchev–Trinajstić information content (AvgIpc) is 2.70. The third-order valence-electron chi connectivity index (χ3n) is 4.84. The Bertz CT molecular complexity index is 834. The van der Waals surface area contributed by atoms with Gasteiger partial charge in [0.25, 0.3) is 0 Å². The Morgan fingerprint density at radius 1 is 1.50 bits per heavy atom. The van der Waals surface area contributed by atoms with Crippen molar-refractivity contribution in [3.63, 3.8) is 0 Å². The molecule has 0 fully saturated rings. The molecule has 2 heterocycles. The highest BCUT2D eigenvalue weighted by Gasteiger charge is 2.32. The molecule has 0 spiro atoms.